The van der Waals surface area contributed by atoms with E-state index in [0.29, 0.717) is 18.4 Å². The number of nitrogens with one attached hydrogen (secondary N) is 1. The van der Waals surface area contributed by atoms with Crippen LogP contribution in [0.5, 0.6) is 0 Å². The maximum Gasteiger partial charge on any atom is 0.220 e. The maximum absolute atomic E-state index is 11.4. The molecule has 4 heteroatoms. The zero-order valence-corrected chi connectivity index (χ0v) is 10.1. The number of aromatic nitrogens is 2. The Labute approximate surface area is 96.0 Å². The van der Waals surface area contributed by atoms with Crippen LogP contribution in [0.1, 0.15) is 51.1 Å². The molecule has 1 aliphatic heterocycles. The van der Waals surface area contributed by atoms with Gasteiger partial charge in [-0.1, -0.05) is 6.92 Å². The van der Waals surface area contributed by atoms with Gasteiger partial charge in [-0.05, 0) is 25.8 Å². The molecule has 1 fully saturated rings. The van der Waals surface area contributed by atoms with Crippen LogP contribution in [-0.4, -0.2) is 21.7 Å². The SMILES string of the molecule is CCC1NC(=O)CC1c1cnn(C(C)C)c1. The van der Waals surface area contributed by atoms with E-state index in [9.17, 15) is 4.79 Å². The Bertz CT molecular complexity index is 383. The number of nitrogens with zero attached hydrogens (tertiary/aromatic N) is 2. The van der Waals surface area contributed by atoms with Crippen LogP contribution in [-0.2, 0) is 4.79 Å². The molecule has 0 spiro atoms. The van der Waals surface area contributed by atoms with Crippen molar-refractivity contribution in [1.82, 2.24) is 15.1 Å². The van der Waals surface area contributed by atoms with E-state index in [1.807, 2.05) is 10.9 Å². The highest BCUT2D eigenvalue weighted by molar-refractivity contribution is 5.80. The Kier molecular flexibility index (Phi) is 2.99. The fourth-order valence-electron chi connectivity index (χ4n) is 2.27. The first-order chi connectivity index (χ1) is 7.61. The first-order valence-corrected chi connectivity index (χ1v) is 5.95. The second-order valence-electron chi connectivity index (χ2n) is 4.74. The summed E-state index contributed by atoms with van der Waals surface area (Å²) in [5.74, 6) is 0.458. The van der Waals surface area contributed by atoms with Crippen LogP contribution in [0.3, 0.4) is 0 Å². The van der Waals surface area contributed by atoms with Gasteiger partial charge in [-0.15, -0.1) is 0 Å². The molecule has 0 bridgehead atoms. The first-order valence-electron chi connectivity index (χ1n) is 5.95. The van der Waals surface area contributed by atoms with Crippen LogP contribution in [0.2, 0.25) is 0 Å². The van der Waals surface area contributed by atoms with Crippen molar-refractivity contribution < 1.29 is 4.79 Å². The highest BCUT2D eigenvalue weighted by atomic mass is 16.2. The molecule has 0 aromatic carbocycles. The molecule has 1 amide bonds. The van der Waals surface area contributed by atoms with Gasteiger partial charge in [0.2, 0.25) is 5.91 Å². The Balaban J connectivity index is 2.19. The summed E-state index contributed by atoms with van der Waals surface area (Å²) >= 11 is 0. The van der Waals surface area contributed by atoms with Crippen molar-refractivity contribution in [2.75, 3.05) is 0 Å². The lowest BCUT2D eigenvalue weighted by atomic mass is 9.93. The molecule has 2 rings (SSSR count). The molecular formula is C12H19N3O. The number of hydrogen-bond donors (Lipinski definition) is 1. The maximum atomic E-state index is 11.4. The van der Waals surface area contributed by atoms with Crippen LogP contribution in [0, 0.1) is 0 Å². The minimum absolute atomic E-state index is 0.161. The average Bonchev–Trinajstić information content (AvgIpc) is 2.82. The molecule has 2 unspecified atom stereocenters. The van der Waals surface area contributed by atoms with Crippen molar-refractivity contribution in [3.8, 4) is 0 Å². The van der Waals surface area contributed by atoms with Crippen LogP contribution >= 0.6 is 0 Å². The molecule has 0 aliphatic carbocycles. The molecule has 88 valence electrons. The molecule has 1 N–H and O–H groups in total. The minimum Gasteiger partial charge on any atom is -0.353 e. The van der Waals surface area contributed by atoms with Crippen molar-refractivity contribution in [2.24, 2.45) is 0 Å². The van der Waals surface area contributed by atoms with Gasteiger partial charge in [0.15, 0.2) is 0 Å². The number of hydrogen-bond acceptors (Lipinski definition) is 2. The summed E-state index contributed by atoms with van der Waals surface area (Å²) in [5.41, 5.74) is 1.18. The lowest BCUT2D eigenvalue weighted by Crippen LogP contribution is -2.27. The van der Waals surface area contributed by atoms with E-state index in [0.717, 1.165) is 6.42 Å². The van der Waals surface area contributed by atoms with E-state index in [2.05, 4.69) is 37.4 Å². The zero-order chi connectivity index (χ0) is 11.7. The standard InChI is InChI=1S/C12H19N3O/c1-4-11-10(5-12(16)14-11)9-6-13-15(7-9)8(2)3/h6-8,10-11H,4-5H2,1-3H3,(H,14,16). The summed E-state index contributed by atoms with van der Waals surface area (Å²) in [6.45, 7) is 6.31. The Morgan fingerprint density at radius 3 is 2.94 bits per heavy atom. The molecule has 1 aromatic heterocycles. The molecule has 2 heterocycles. The molecule has 1 aromatic rings. The van der Waals surface area contributed by atoms with Gasteiger partial charge in [-0.3, -0.25) is 9.48 Å². The summed E-state index contributed by atoms with van der Waals surface area (Å²) in [7, 11) is 0. The van der Waals surface area contributed by atoms with Gasteiger partial charge < -0.3 is 5.32 Å². The highest BCUT2D eigenvalue weighted by Crippen LogP contribution is 2.30. The van der Waals surface area contributed by atoms with Crippen LogP contribution in [0.4, 0.5) is 0 Å². The zero-order valence-electron chi connectivity index (χ0n) is 10.1. The summed E-state index contributed by atoms with van der Waals surface area (Å²) in [6.07, 6.45) is 5.54. The van der Waals surface area contributed by atoms with E-state index in [1.165, 1.54) is 5.56 Å². The number of rotatable bonds is 3. The normalized spacial score (nSPS) is 25.1. The number of carbonyl (C=O) groups excluding carboxylic acids is 1. The van der Waals surface area contributed by atoms with E-state index < -0.39 is 0 Å². The number of carbonyl (C=O) groups is 1. The molecule has 2 atom stereocenters. The second-order valence-corrected chi connectivity index (χ2v) is 4.74. The van der Waals surface area contributed by atoms with Gasteiger partial charge in [0.1, 0.15) is 0 Å². The van der Waals surface area contributed by atoms with Gasteiger partial charge in [0, 0.05) is 30.6 Å². The lowest BCUT2D eigenvalue weighted by molar-refractivity contribution is -0.119. The quantitative estimate of drug-likeness (QED) is 0.846. The summed E-state index contributed by atoms with van der Waals surface area (Å²) in [4.78, 5) is 11.4. The van der Waals surface area contributed by atoms with Crippen LogP contribution in [0.15, 0.2) is 12.4 Å². The third kappa shape index (κ3) is 1.96. The molecule has 0 radical (unpaired) electrons. The molecule has 1 aliphatic rings. The monoisotopic (exact) mass is 221 g/mol. The van der Waals surface area contributed by atoms with E-state index in [-0.39, 0.29) is 11.9 Å². The predicted octanol–water partition coefficient (Wildman–Crippen LogP) is 1.85. The van der Waals surface area contributed by atoms with Gasteiger partial charge in [-0.2, -0.15) is 5.10 Å². The van der Waals surface area contributed by atoms with Crippen molar-refractivity contribution in [2.45, 2.75) is 51.6 Å². The predicted molar refractivity (Wildman–Crippen MR) is 62.2 cm³/mol. The van der Waals surface area contributed by atoms with Gasteiger partial charge >= 0.3 is 0 Å². The van der Waals surface area contributed by atoms with Gasteiger partial charge in [0.25, 0.3) is 0 Å². The van der Waals surface area contributed by atoms with E-state index >= 15 is 0 Å². The molecule has 16 heavy (non-hydrogen) atoms. The molecule has 1 saturated heterocycles. The van der Waals surface area contributed by atoms with E-state index in [4.69, 9.17) is 0 Å². The third-order valence-electron chi connectivity index (χ3n) is 3.26. The Morgan fingerprint density at radius 2 is 2.38 bits per heavy atom. The minimum atomic E-state index is 0.161. The smallest absolute Gasteiger partial charge is 0.220 e. The summed E-state index contributed by atoms with van der Waals surface area (Å²) in [5, 5.41) is 7.35. The molecule has 0 saturated carbocycles. The van der Waals surface area contributed by atoms with Crippen molar-refractivity contribution in [3.05, 3.63) is 18.0 Å². The number of amides is 1. The van der Waals surface area contributed by atoms with Gasteiger partial charge in [-0.25, -0.2) is 0 Å². The lowest BCUT2D eigenvalue weighted by Gasteiger charge is -2.15. The van der Waals surface area contributed by atoms with Crippen molar-refractivity contribution in [1.29, 1.82) is 0 Å². The average molecular weight is 221 g/mol. The molecule has 4 nitrogen and oxygen atoms in total. The summed E-state index contributed by atoms with van der Waals surface area (Å²) < 4.78 is 1.95. The van der Waals surface area contributed by atoms with Crippen LogP contribution < -0.4 is 5.32 Å². The second kappa shape index (κ2) is 4.28. The van der Waals surface area contributed by atoms with Crippen molar-refractivity contribution in [3.63, 3.8) is 0 Å². The topological polar surface area (TPSA) is 46.9 Å². The highest BCUT2D eigenvalue weighted by Gasteiger charge is 2.32. The Morgan fingerprint density at radius 1 is 1.62 bits per heavy atom. The van der Waals surface area contributed by atoms with E-state index in [1.54, 1.807) is 0 Å². The third-order valence-corrected chi connectivity index (χ3v) is 3.26. The largest absolute Gasteiger partial charge is 0.353 e. The fraction of sp³-hybridized carbons (Fsp3) is 0.667. The van der Waals surface area contributed by atoms with Crippen molar-refractivity contribution >= 4 is 5.91 Å². The van der Waals surface area contributed by atoms with Gasteiger partial charge in [0.05, 0.1) is 6.20 Å². The Hall–Kier alpha value is -1.32. The molecular weight excluding hydrogens is 202 g/mol. The summed E-state index contributed by atoms with van der Waals surface area (Å²) in [6, 6.07) is 0.649. The van der Waals surface area contributed by atoms with Crippen LogP contribution in [0.25, 0.3) is 0 Å². The first kappa shape index (κ1) is 11.2. The fourth-order valence-corrected chi connectivity index (χ4v) is 2.27.